The van der Waals surface area contributed by atoms with E-state index in [4.69, 9.17) is 4.74 Å². The normalized spacial score (nSPS) is 33.0. The largest absolute Gasteiger partial charge is 0.633 e. The van der Waals surface area contributed by atoms with E-state index < -0.39 is 0 Å². The number of ether oxygens (including phenoxy) is 1. The number of nitrogens with one attached hydrogen (secondary N) is 1. The lowest BCUT2D eigenvalue weighted by atomic mass is 10.3. The first kappa shape index (κ1) is 6.01. The second-order valence-corrected chi connectivity index (χ2v) is 2.11. The summed E-state index contributed by atoms with van der Waals surface area (Å²) in [5, 5.41) is 10.7. The second-order valence-electron chi connectivity index (χ2n) is 2.11. The third-order valence-electron chi connectivity index (χ3n) is 1.38. The Hall–Kier alpha value is -0.120. The highest BCUT2D eigenvalue weighted by Crippen LogP contribution is 2.04. The van der Waals surface area contributed by atoms with Crippen LogP contribution < -0.4 is 5.06 Å². The Morgan fingerprint density at radius 1 is 1.75 bits per heavy atom. The number of quaternary nitrogens is 1. The first-order chi connectivity index (χ1) is 3.80. The molecular formula is C5H11NO2. The standard InChI is InChI=1S/C5H11NO2/c1-6(7)5-3-2-4-8-5/h5-6H,2-4H2,1H3. The van der Waals surface area contributed by atoms with Gasteiger partial charge in [0.25, 0.3) is 0 Å². The topological polar surface area (TPSA) is 36.7 Å². The van der Waals surface area contributed by atoms with Crippen LogP contribution in [0.25, 0.3) is 0 Å². The summed E-state index contributed by atoms with van der Waals surface area (Å²) in [7, 11) is 1.58. The van der Waals surface area contributed by atoms with Gasteiger partial charge >= 0.3 is 0 Å². The third-order valence-corrected chi connectivity index (χ3v) is 1.38. The lowest BCUT2D eigenvalue weighted by Crippen LogP contribution is -3.08. The Bertz CT molecular complexity index is 68.8. The lowest BCUT2D eigenvalue weighted by molar-refractivity contribution is -0.878. The van der Waals surface area contributed by atoms with E-state index in [0.29, 0.717) is 0 Å². The van der Waals surface area contributed by atoms with Crippen LogP contribution in [0.1, 0.15) is 12.8 Å². The van der Waals surface area contributed by atoms with Crippen molar-refractivity contribution in [2.75, 3.05) is 13.7 Å². The van der Waals surface area contributed by atoms with E-state index in [2.05, 4.69) is 0 Å². The highest BCUT2D eigenvalue weighted by atomic mass is 16.6. The molecule has 0 aromatic rings. The SMILES string of the molecule is C[NH+]([O-])C1CCCO1. The van der Waals surface area contributed by atoms with Gasteiger partial charge < -0.3 is 15.0 Å². The summed E-state index contributed by atoms with van der Waals surface area (Å²) in [6.07, 6.45) is 1.90. The summed E-state index contributed by atoms with van der Waals surface area (Å²) < 4.78 is 5.06. The average molecular weight is 117 g/mol. The molecular weight excluding hydrogens is 106 g/mol. The molecule has 3 nitrogen and oxygen atoms in total. The maximum absolute atomic E-state index is 10.5. The second kappa shape index (κ2) is 2.44. The van der Waals surface area contributed by atoms with Crippen LogP contribution in [0, 0.1) is 5.21 Å². The number of hydroxylamine groups is 2. The van der Waals surface area contributed by atoms with Crippen molar-refractivity contribution in [2.45, 2.75) is 19.1 Å². The molecule has 3 heteroatoms. The van der Waals surface area contributed by atoms with E-state index in [1.54, 1.807) is 7.05 Å². The van der Waals surface area contributed by atoms with E-state index in [1.807, 2.05) is 0 Å². The van der Waals surface area contributed by atoms with Gasteiger partial charge in [0.1, 0.15) is 0 Å². The smallest absolute Gasteiger partial charge is 0.191 e. The average Bonchev–Trinajstić information content (AvgIpc) is 2.12. The van der Waals surface area contributed by atoms with Crippen LogP contribution in [0.5, 0.6) is 0 Å². The van der Waals surface area contributed by atoms with Crippen molar-refractivity contribution < 1.29 is 9.80 Å². The van der Waals surface area contributed by atoms with Gasteiger partial charge in [-0.15, -0.1) is 0 Å². The van der Waals surface area contributed by atoms with Crippen LogP contribution in [0.4, 0.5) is 0 Å². The van der Waals surface area contributed by atoms with E-state index in [9.17, 15) is 5.21 Å². The van der Waals surface area contributed by atoms with Crippen LogP contribution in [0.3, 0.4) is 0 Å². The Labute approximate surface area is 48.8 Å². The summed E-state index contributed by atoms with van der Waals surface area (Å²) >= 11 is 0. The summed E-state index contributed by atoms with van der Waals surface area (Å²) in [5.41, 5.74) is 0. The van der Waals surface area contributed by atoms with Gasteiger partial charge in [0, 0.05) is 6.42 Å². The van der Waals surface area contributed by atoms with E-state index in [0.717, 1.165) is 19.4 Å². The molecule has 1 aliphatic heterocycles. The fourth-order valence-electron chi connectivity index (χ4n) is 0.898. The molecule has 1 heterocycles. The van der Waals surface area contributed by atoms with Gasteiger partial charge in [0.05, 0.1) is 13.7 Å². The Kier molecular flexibility index (Phi) is 1.83. The van der Waals surface area contributed by atoms with Crippen LogP contribution in [0.2, 0.25) is 0 Å². The highest BCUT2D eigenvalue weighted by molar-refractivity contribution is 4.51. The summed E-state index contributed by atoms with van der Waals surface area (Å²) in [6.45, 7) is 0.768. The molecule has 0 radical (unpaired) electrons. The number of rotatable bonds is 1. The van der Waals surface area contributed by atoms with Gasteiger partial charge in [-0.05, 0) is 6.42 Å². The van der Waals surface area contributed by atoms with Gasteiger partial charge in [-0.1, -0.05) is 0 Å². The maximum Gasteiger partial charge on any atom is 0.191 e. The molecule has 1 N–H and O–H groups in total. The predicted molar refractivity (Wildman–Crippen MR) is 29.2 cm³/mol. The van der Waals surface area contributed by atoms with Crippen molar-refractivity contribution in [1.82, 2.24) is 0 Å². The van der Waals surface area contributed by atoms with Gasteiger partial charge in [0.15, 0.2) is 6.23 Å². The van der Waals surface area contributed by atoms with Crippen LogP contribution in [-0.2, 0) is 4.74 Å². The molecule has 0 aromatic carbocycles. The van der Waals surface area contributed by atoms with E-state index >= 15 is 0 Å². The molecule has 0 bridgehead atoms. The fourth-order valence-corrected chi connectivity index (χ4v) is 0.898. The quantitative estimate of drug-likeness (QED) is 0.453. The molecule has 0 amide bonds. The number of hydrogen-bond acceptors (Lipinski definition) is 2. The molecule has 0 saturated carbocycles. The predicted octanol–water partition coefficient (Wildman–Crippen LogP) is -0.865. The maximum atomic E-state index is 10.5. The molecule has 8 heavy (non-hydrogen) atoms. The minimum Gasteiger partial charge on any atom is -0.633 e. The molecule has 0 aromatic heterocycles. The Morgan fingerprint density at radius 2 is 2.50 bits per heavy atom. The molecule has 1 saturated heterocycles. The third kappa shape index (κ3) is 1.18. The molecule has 1 fully saturated rings. The molecule has 2 atom stereocenters. The van der Waals surface area contributed by atoms with Gasteiger partial charge in [0.2, 0.25) is 0 Å². The van der Waals surface area contributed by atoms with Gasteiger partial charge in [-0.25, -0.2) is 0 Å². The Morgan fingerprint density at radius 3 is 2.75 bits per heavy atom. The molecule has 48 valence electrons. The van der Waals surface area contributed by atoms with Crippen LogP contribution >= 0.6 is 0 Å². The van der Waals surface area contributed by atoms with E-state index in [-0.39, 0.29) is 11.3 Å². The molecule has 0 spiro atoms. The zero-order valence-electron chi connectivity index (χ0n) is 5.02. The molecule has 2 unspecified atom stereocenters. The van der Waals surface area contributed by atoms with Crippen LogP contribution in [0.15, 0.2) is 0 Å². The summed E-state index contributed by atoms with van der Waals surface area (Å²) in [5.74, 6) is 0. The molecule has 1 aliphatic rings. The Balaban J connectivity index is 2.24. The minimum absolute atomic E-state index is 0.0741. The first-order valence-electron chi connectivity index (χ1n) is 2.93. The monoisotopic (exact) mass is 117 g/mol. The zero-order valence-corrected chi connectivity index (χ0v) is 5.02. The van der Waals surface area contributed by atoms with Crippen molar-refractivity contribution in [1.29, 1.82) is 0 Å². The summed E-state index contributed by atoms with van der Waals surface area (Å²) in [6, 6.07) is 0. The van der Waals surface area contributed by atoms with Crippen molar-refractivity contribution >= 4 is 0 Å². The molecule has 0 aliphatic carbocycles. The van der Waals surface area contributed by atoms with Gasteiger partial charge in [-0.3, -0.25) is 0 Å². The van der Waals surface area contributed by atoms with Crippen molar-refractivity contribution in [3.05, 3.63) is 5.21 Å². The van der Waals surface area contributed by atoms with Crippen LogP contribution in [-0.4, -0.2) is 19.9 Å². The minimum atomic E-state index is -0.0741. The highest BCUT2D eigenvalue weighted by Gasteiger charge is 2.17. The van der Waals surface area contributed by atoms with Crippen molar-refractivity contribution in [2.24, 2.45) is 0 Å². The number of hydrogen-bond donors (Lipinski definition) is 1. The fraction of sp³-hybridized carbons (Fsp3) is 1.00. The summed E-state index contributed by atoms with van der Waals surface area (Å²) in [4.78, 5) is 0. The molecule has 1 rings (SSSR count). The zero-order chi connectivity index (χ0) is 5.98. The first-order valence-corrected chi connectivity index (χ1v) is 2.93. The lowest BCUT2D eigenvalue weighted by Gasteiger charge is -2.22. The van der Waals surface area contributed by atoms with E-state index in [1.165, 1.54) is 0 Å². The van der Waals surface area contributed by atoms with Gasteiger partial charge in [-0.2, -0.15) is 0 Å². The van der Waals surface area contributed by atoms with Crippen molar-refractivity contribution in [3.63, 3.8) is 0 Å². The van der Waals surface area contributed by atoms with Crippen molar-refractivity contribution in [3.8, 4) is 0 Å².